The first-order chi connectivity index (χ1) is 17.8. The number of amides is 1. The fraction of sp³-hybridized carbons (Fsp3) is 0.304. The van der Waals surface area contributed by atoms with Crippen LogP contribution in [0.25, 0.3) is 16.8 Å². The van der Waals surface area contributed by atoms with Gasteiger partial charge in [0, 0.05) is 42.1 Å². The van der Waals surface area contributed by atoms with Crippen LogP contribution in [-0.2, 0) is 26.8 Å². The Morgan fingerprint density at radius 2 is 1.64 bits per heavy atom. The second kappa shape index (κ2) is 10.4. The molecule has 0 atom stereocenters. The van der Waals surface area contributed by atoms with Crippen LogP contribution in [0.4, 0.5) is 35.1 Å². The molecule has 0 bridgehead atoms. The summed E-state index contributed by atoms with van der Waals surface area (Å²) in [6.07, 6.45) is -10.1. The van der Waals surface area contributed by atoms with Gasteiger partial charge in [0.1, 0.15) is 11.5 Å². The molecule has 0 saturated carbocycles. The van der Waals surface area contributed by atoms with Gasteiger partial charge in [0.05, 0.1) is 16.1 Å². The van der Waals surface area contributed by atoms with Crippen molar-refractivity contribution in [2.75, 3.05) is 6.26 Å². The van der Waals surface area contributed by atoms with Crippen molar-refractivity contribution < 1.29 is 48.3 Å². The third kappa shape index (κ3) is 5.88. The second-order valence-electron chi connectivity index (χ2n) is 8.34. The number of rotatable bonds is 7. The van der Waals surface area contributed by atoms with Crippen molar-refractivity contribution in [1.82, 2.24) is 15.1 Å². The quantitative estimate of drug-likeness (QED) is 0.334. The monoisotopic (exact) mass is 603 g/mol. The van der Waals surface area contributed by atoms with Crippen LogP contribution >= 0.6 is 11.6 Å². The molecule has 0 spiro atoms. The number of halogens is 9. The molecule has 3 rings (SSSR count). The molecule has 6 nitrogen and oxygen atoms in total. The minimum absolute atomic E-state index is 0.0281. The van der Waals surface area contributed by atoms with Gasteiger partial charge in [-0.25, -0.2) is 21.9 Å². The van der Waals surface area contributed by atoms with Gasteiger partial charge in [0.2, 0.25) is 5.91 Å². The summed E-state index contributed by atoms with van der Waals surface area (Å²) in [7, 11) is -4.60. The van der Waals surface area contributed by atoms with Crippen molar-refractivity contribution in [3.05, 3.63) is 64.7 Å². The molecule has 1 aromatic heterocycles. The minimum atomic E-state index is -6.50. The number of alkyl halides is 7. The van der Waals surface area contributed by atoms with Gasteiger partial charge in [0.25, 0.3) is 0 Å². The fourth-order valence-corrected chi connectivity index (χ4v) is 4.83. The molecule has 0 aliphatic carbocycles. The lowest BCUT2D eigenvalue weighted by Crippen LogP contribution is -2.50. The predicted molar refractivity (Wildman–Crippen MR) is 124 cm³/mol. The van der Waals surface area contributed by atoms with Crippen LogP contribution in [0.2, 0.25) is 5.02 Å². The van der Waals surface area contributed by atoms with Crippen molar-refractivity contribution in [1.29, 1.82) is 0 Å². The summed E-state index contributed by atoms with van der Waals surface area (Å²) in [5, 5.41) is 5.42. The molecule has 0 aliphatic heterocycles. The molecule has 2 aromatic carbocycles. The van der Waals surface area contributed by atoms with Crippen LogP contribution in [0.1, 0.15) is 24.5 Å². The van der Waals surface area contributed by atoms with E-state index in [2.05, 4.69) is 10.4 Å². The fourth-order valence-electron chi connectivity index (χ4n) is 3.57. The highest BCUT2D eigenvalue weighted by Crippen LogP contribution is 2.54. The van der Waals surface area contributed by atoms with Gasteiger partial charge < -0.3 is 5.32 Å². The van der Waals surface area contributed by atoms with E-state index >= 15 is 0 Å². The van der Waals surface area contributed by atoms with Crippen LogP contribution in [0, 0.1) is 5.82 Å². The number of nitrogens with zero attached hydrogens (tertiary/aromatic N) is 2. The average Bonchev–Trinajstić information content (AvgIpc) is 3.29. The number of nitrogens with one attached hydrogen (secondary N) is 1. The summed E-state index contributed by atoms with van der Waals surface area (Å²) in [6.45, 7) is 1.44. The Bertz CT molecular complexity index is 1500. The summed E-state index contributed by atoms with van der Waals surface area (Å²) in [6, 6.07) is 3.68. The molecule has 39 heavy (non-hydrogen) atoms. The zero-order valence-electron chi connectivity index (χ0n) is 19.9. The van der Waals surface area contributed by atoms with E-state index < -0.39 is 54.8 Å². The lowest BCUT2D eigenvalue weighted by molar-refractivity contribution is -0.348. The van der Waals surface area contributed by atoms with Gasteiger partial charge in [-0.05, 0) is 29.8 Å². The van der Waals surface area contributed by atoms with Crippen LogP contribution in [0.3, 0.4) is 0 Å². The first kappa shape index (κ1) is 30.3. The van der Waals surface area contributed by atoms with E-state index in [1.165, 1.54) is 12.1 Å². The van der Waals surface area contributed by atoms with Crippen LogP contribution in [0.15, 0.2) is 47.6 Å². The molecular weight excluding hydrogens is 586 g/mol. The molecule has 0 radical (unpaired) electrons. The summed E-state index contributed by atoms with van der Waals surface area (Å²) in [5.41, 5.74) is -8.04. The summed E-state index contributed by atoms with van der Waals surface area (Å²) in [4.78, 5) is 10.3. The minimum Gasteiger partial charge on any atom is -0.352 e. The molecule has 1 heterocycles. The maximum Gasteiger partial charge on any atom is 0.435 e. The second-order valence-corrected chi connectivity index (χ2v) is 10.7. The van der Waals surface area contributed by atoms with Gasteiger partial charge in [-0.15, -0.1) is 0 Å². The van der Waals surface area contributed by atoms with Crippen molar-refractivity contribution in [2.24, 2.45) is 0 Å². The number of hydrogen-bond acceptors (Lipinski definition) is 4. The lowest BCUT2D eigenvalue weighted by Gasteiger charge is -2.31. The van der Waals surface area contributed by atoms with Crippen molar-refractivity contribution in [2.45, 2.75) is 42.8 Å². The zero-order chi connectivity index (χ0) is 29.6. The molecular formula is C23H18ClF8N3O3S. The van der Waals surface area contributed by atoms with Gasteiger partial charge in [-0.3, -0.25) is 4.79 Å². The number of benzene rings is 2. The Morgan fingerprint density at radius 1 is 1.03 bits per heavy atom. The van der Waals surface area contributed by atoms with Gasteiger partial charge in [0.15, 0.2) is 9.84 Å². The van der Waals surface area contributed by atoms with Gasteiger partial charge in [-0.2, -0.15) is 31.4 Å². The SMILES string of the molecule is CCC(=O)NCc1cc(-c2cnn(-c3c(Cl)cc(C(F)(C(F)(F)F)C(F)(F)F)cc3S(C)(=O)=O)c2)ccc1F. The predicted octanol–water partition coefficient (Wildman–Crippen LogP) is 6.05. The Morgan fingerprint density at radius 3 is 2.18 bits per heavy atom. The molecule has 3 aromatic rings. The van der Waals surface area contributed by atoms with E-state index in [0.29, 0.717) is 11.8 Å². The van der Waals surface area contributed by atoms with E-state index in [4.69, 9.17) is 11.6 Å². The first-order valence-corrected chi connectivity index (χ1v) is 13.0. The molecule has 212 valence electrons. The maximum atomic E-state index is 14.7. The van der Waals surface area contributed by atoms with Crippen molar-refractivity contribution in [3.8, 4) is 16.8 Å². The van der Waals surface area contributed by atoms with Crippen molar-refractivity contribution >= 4 is 27.3 Å². The molecule has 16 heteroatoms. The highest BCUT2D eigenvalue weighted by Gasteiger charge is 2.73. The number of carbonyl (C=O) groups excluding carboxylic acids is 1. The zero-order valence-corrected chi connectivity index (χ0v) is 21.5. The number of aromatic nitrogens is 2. The summed E-state index contributed by atoms with van der Waals surface area (Å²) < 4.78 is 134. The molecule has 1 amide bonds. The third-order valence-corrected chi connectivity index (χ3v) is 6.99. The highest BCUT2D eigenvalue weighted by atomic mass is 35.5. The Balaban J connectivity index is 2.16. The molecule has 1 N–H and O–H groups in total. The number of hydrogen-bond donors (Lipinski definition) is 1. The molecule has 0 aliphatic rings. The molecule has 0 fully saturated rings. The van der Waals surface area contributed by atoms with Crippen molar-refractivity contribution in [3.63, 3.8) is 0 Å². The largest absolute Gasteiger partial charge is 0.435 e. The van der Waals surface area contributed by atoms with Crippen LogP contribution in [0.5, 0.6) is 0 Å². The Kier molecular flexibility index (Phi) is 8.10. The Labute approximate surface area is 221 Å². The normalized spacial score (nSPS) is 13.0. The third-order valence-electron chi connectivity index (χ3n) is 5.59. The summed E-state index contributed by atoms with van der Waals surface area (Å²) in [5.74, 6) is -0.989. The van der Waals surface area contributed by atoms with E-state index in [-0.39, 0.29) is 42.1 Å². The topological polar surface area (TPSA) is 81.1 Å². The lowest BCUT2D eigenvalue weighted by atomic mass is 9.94. The molecule has 0 unspecified atom stereocenters. The highest BCUT2D eigenvalue weighted by molar-refractivity contribution is 7.90. The standard InChI is InChI=1S/C23H18ClF8N3O3S/c1-3-19(36)33-9-13-6-12(4-5-17(13)25)14-10-34-35(11-14)20-16(24)7-15(8-18(20)39(2,37)38)21(26,22(27,28)29)23(30,31)32/h4-8,10-11H,3,9H2,1-2H3,(H,33,36). The van der Waals surface area contributed by atoms with Gasteiger partial charge >= 0.3 is 18.0 Å². The van der Waals surface area contributed by atoms with Crippen LogP contribution in [-0.4, -0.2) is 42.7 Å². The van der Waals surface area contributed by atoms with E-state index in [1.54, 1.807) is 6.92 Å². The maximum absolute atomic E-state index is 14.7. The van der Waals surface area contributed by atoms with Gasteiger partial charge in [-0.1, -0.05) is 24.6 Å². The Hall–Kier alpha value is -3.20. The number of carbonyl (C=O) groups is 1. The first-order valence-electron chi connectivity index (χ1n) is 10.8. The van der Waals surface area contributed by atoms with E-state index in [0.717, 1.165) is 23.1 Å². The number of sulfone groups is 1. The summed E-state index contributed by atoms with van der Waals surface area (Å²) >= 11 is 5.95. The molecule has 0 saturated heterocycles. The van der Waals surface area contributed by atoms with E-state index in [9.17, 15) is 48.3 Å². The smallest absolute Gasteiger partial charge is 0.352 e. The average molecular weight is 604 g/mol. The van der Waals surface area contributed by atoms with Crippen LogP contribution < -0.4 is 5.32 Å². The van der Waals surface area contributed by atoms with E-state index in [1.807, 2.05) is 0 Å².